The first-order valence-corrected chi connectivity index (χ1v) is 8.78. The molecule has 0 amide bonds. The second kappa shape index (κ2) is 5.77. The Morgan fingerprint density at radius 2 is 1.78 bits per heavy atom. The number of sulfonamides is 1. The minimum atomic E-state index is -3.79. The zero-order valence-electron chi connectivity index (χ0n) is 12.5. The van der Waals surface area contributed by atoms with Gasteiger partial charge in [0.2, 0.25) is 0 Å². The van der Waals surface area contributed by atoms with Crippen LogP contribution < -0.4 is 4.72 Å². The Labute approximate surface area is 134 Å². The SMILES string of the molecule is Cc1cc(S(=O)(=O)Nc2ccc(C(=O)C3CC3)cc2)ccc1F. The van der Waals surface area contributed by atoms with Crippen molar-refractivity contribution in [1.82, 2.24) is 0 Å². The van der Waals surface area contributed by atoms with Crippen LogP contribution in [0.4, 0.5) is 10.1 Å². The number of hydrogen-bond acceptors (Lipinski definition) is 3. The van der Waals surface area contributed by atoms with Gasteiger partial charge in [-0.25, -0.2) is 12.8 Å². The van der Waals surface area contributed by atoms with Crippen LogP contribution >= 0.6 is 0 Å². The van der Waals surface area contributed by atoms with Crippen molar-refractivity contribution >= 4 is 21.5 Å². The van der Waals surface area contributed by atoms with Crippen molar-refractivity contribution < 1.29 is 17.6 Å². The molecule has 0 radical (unpaired) electrons. The van der Waals surface area contributed by atoms with E-state index in [9.17, 15) is 17.6 Å². The summed E-state index contributed by atoms with van der Waals surface area (Å²) in [6.45, 7) is 1.51. The number of carbonyl (C=O) groups excluding carboxylic acids is 1. The molecule has 0 aromatic heterocycles. The molecule has 4 nitrogen and oxygen atoms in total. The third-order valence-electron chi connectivity index (χ3n) is 3.81. The maximum Gasteiger partial charge on any atom is 0.261 e. The van der Waals surface area contributed by atoms with Gasteiger partial charge in [0.05, 0.1) is 4.90 Å². The van der Waals surface area contributed by atoms with Gasteiger partial charge in [0, 0.05) is 17.2 Å². The van der Waals surface area contributed by atoms with Crippen molar-refractivity contribution in [2.75, 3.05) is 4.72 Å². The highest BCUT2D eigenvalue weighted by molar-refractivity contribution is 7.92. The van der Waals surface area contributed by atoms with Crippen LogP contribution in [0.1, 0.15) is 28.8 Å². The Hall–Kier alpha value is -2.21. The summed E-state index contributed by atoms with van der Waals surface area (Å²) >= 11 is 0. The molecular weight excluding hydrogens is 317 g/mol. The molecule has 0 spiro atoms. The van der Waals surface area contributed by atoms with Gasteiger partial charge in [0.15, 0.2) is 5.78 Å². The lowest BCUT2D eigenvalue weighted by Crippen LogP contribution is -2.13. The maximum absolute atomic E-state index is 13.3. The Morgan fingerprint density at radius 3 is 2.35 bits per heavy atom. The normalized spacial score (nSPS) is 14.5. The minimum absolute atomic E-state index is 0.00506. The topological polar surface area (TPSA) is 63.2 Å². The third kappa shape index (κ3) is 3.42. The summed E-state index contributed by atoms with van der Waals surface area (Å²) < 4.78 is 40.3. The van der Waals surface area contributed by atoms with Crippen LogP contribution in [0.3, 0.4) is 0 Å². The van der Waals surface area contributed by atoms with Gasteiger partial charge >= 0.3 is 0 Å². The molecule has 1 aliphatic rings. The number of hydrogen-bond donors (Lipinski definition) is 1. The molecule has 3 rings (SSSR count). The number of aryl methyl sites for hydroxylation is 1. The van der Waals surface area contributed by atoms with Crippen molar-refractivity contribution in [3.05, 3.63) is 59.4 Å². The standard InChI is InChI=1S/C17H16FNO3S/c1-11-10-15(8-9-16(11)18)23(21,22)19-14-6-4-13(5-7-14)17(20)12-2-3-12/h4-10,12,19H,2-3H2,1H3. The second-order valence-electron chi connectivity index (χ2n) is 5.73. The zero-order valence-corrected chi connectivity index (χ0v) is 13.4. The number of nitrogens with one attached hydrogen (secondary N) is 1. The highest BCUT2D eigenvalue weighted by Gasteiger charge is 2.30. The van der Waals surface area contributed by atoms with E-state index < -0.39 is 15.8 Å². The molecular formula is C17H16FNO3S. The third-order valence-corrected chi connectivity index (χ3v) is 5.19. The highest BCUT2D eigenvalue weighted by Crippen LogP contribution is 2.32. The first-order chi connectivity index (χ1) is 10.9. The van der Waals surface area contributed by atoms with Crippen LogP contribution in [-0.4, -0.2) is 14.2 Å². The summed E-state index contributed by atoms with van der Waals surface area (Å²) in [6, 6.07) is 9.98. The van der Waals surface area contributed by atoms with Gasteiger partial charge in [-0.3, -0.25) is 9.52 Å². The quantitative estimate of drug-likeness (QED) is 0.852. The lowest BCUT2D eigenvalue weighted by Gasteiger charge is -2.09. The van der Waals surface area contributed by atoms with Crippen LogP contribution in [0, 0.1) is 18.7 Å². The van der Waals surface area contributed by atoms with E-state index in [1.54, 1.807) is 24.3 Å². The molecule has 1 N–H and O–H groups in total. The van der Waals surface area contributed by atoms with Gasteiger partial charge in [-0.05, 0) is 67.8 Å². The fourth-order valence-electron chi connectivity index (χ4n) is 2.28. The molecule has 1 fully saturated rings. The average molecular weight is 333 g/mol. The molecule has 120 valence electrons. The first kappa shape index (κ1) is 15.7. The van der Waals surface area contributed by atoms with Crippen molar-refractivity contribution in [2.45, 2.75) is 24.7 Å². The largest absolute Gasteiger partial charge is 0.294 e. The molecule has 0 saturated heterocycles. The van der Waals surface area contributed by atoms with Gasteiger partial charge in [-0.1, -0.05) is 0 Å². The Balaban J connectivity index is 1.79. The summed E-state index contributed by atoms with van der Waals surface area (Å²) in [5.74, 6) is -0.222. The Morgan fingerprint density at radius 1 is 1.13 bits per heavy atom. The number of rotatable bonds is 5. The fourth-order valence-corrected chi connectivity index (χ4v) is 3.43. The molecule has 23 heavy (non-hydrogen) atoms. The summed E-state index contributed by atoms with van der Waals surface area (Å²) in [7, 11) is -3.79. The van der Waals surface area contributed by atoms with E-state index in [-0.39, 0.29) is 22.2 Å². The van der Waals surface area contributed by atoms with E-state index in [4.69, 9.17) is 0 Å². The van der Waals surface area contributed by atoms with Crippen LogP contribution in [0.25, 0.3) is 0 Å². The molecule has 2 aromatic rings. The molecule has 1 saturated carbocycles. The van der Waals surface area contributed by atoms with Crippen LogP contribution in [0.5, 0.6) is 0 Å². The van der Waals surface area contributed by atoms with Crippen molar-refractivity contribution in [2.24, 2.45) is 5.92 Å². The predicted octanol–water partition coefficient (Wildman–Crippen LogP) is 3.53. The second-order valence-corrected chi connectivity index (χ2v) is 7.41. The molecule has 6 heteroatoms. The molecule has 0 bridgehead atoms. The van der Waals surface area contributed by atoms with Gasteiger partial charge in [-0.15, -0.1) is 0 Å². The Bertz CT molecular complexity index is 856. The number of anilines is 1. The van der Waals surface area contributed by atoms with Gasteiger partial charge in [0.1, 0.15) is 5.82 Å². The number of benzene rings is 2. The molecule has 0 aliphatic heterocycles. The predicted molar refractivity (Wildman–Crippen MR) is 85.4 cm³/mol. The first-order valence-electron chi connectivity index (χ1n) is 7.30. The van der Waals surface area contributed by atoms with Crippen LogP contribution in [-0.2, 0) is 10.0 Å². The van der Waals surface area contributed by atoms with E-state index in [2.05, 4.69) is 4.72 Å². The van der Waals surface area contributed by atoms with E-state index in [0.717, 1.165) is 18.9 Å². The maximum atomic E-state index is 13.3. The molecule has 1 aliphatic carbocycles. The molecule has 2 aromatic carbocycles. The van der Waals surface area contributed by atoms with Gasteiger partial charge in [-0.2, -0.15) is 0 Å². The van der Waals surface area contributed by atoms with Crippen molar-refractivity contribution in [1.29, 1.82) is 0 Å². The molecule has 0 atom stereocenters. The zero-order chi connectivity index (χ0) is 16.6. The van der Waals surface area contributed by atoms with Crippen LogP contribution in [0.2, 0.25) is 0 Å². The summed E-state index contributed by atoms with van der Waals surface area (Å²) in [4.78, 5) is 11.9. The van der Waals surface area contributed by atoms with E-state index in [1.807, 2.05) is 0 Å². The summed E-state index contributed by atoms with van der Waals surface area (Å²) in [6.07, 6.45) is 1.86. The molecule has 0 unspecified atom stereocenters. The van der Waals surface area contributed by atoms with Crippen LogP contribution in [0.15, 0.2) is 47.4 Å². The summed E-state index contributed by atoms with van der Waals surface area (Å²) in [5, 5.41) is 0. The van der Waals surface area contributed by atoms with Gasteiger partial charge < -0.3 is 0 Å². The summed E-state index contributed by atoms with van der Waals surface area (Å²) in [5.41, 5.74) is 1.21. The monoisotopic (exact) mass is 333 g/mol. The molecule has 0 heterocycles. The fraction of sp³-hybridized carbons (Fsp3) is 0.235. The highest BCUT2D eigenvalue weighted by atomic mass is 32.2. The van der Waals surface area contributed by atoms with E-state index in [0.29, 0.717) is 11.3 Å². The van der Waals surface area contributed by atoms with Crippen molar-refractivity contribution in [3.8, 4) is 0 Å². The number of halogens is 1. The van der Waals surface area contributed by atoms with E-state index in [1.165, 1.54) is 19.1 Å². The average Bonchev–Trinajstić information content (AvgIpc) is 3.34. The smallest absolute Gasteiger partial charge is 0.261 e. The number of Topliss-reactive ketones (excluding diaryl/α,β-unsaturated/α-hetero) is 1. The Kier molecular flexibility index (Phi) is 3.93. The lowest BCUT2D eigenvalue weighted by atomic mass is 10.1. The van der Waals surface area contributed by atoms with Crippen molar-refractivity contribution in [3.63, 3.8) is 0 Å². The lowest BCUT2D eigenvalue weighted by molar-refractivity contribution is 0.0967. The number of ketones is 1. The van der Waals surface area contributed by atoms with E-state index >= 15 is 0 Å². The minimum Gasteiger partial charge on any atom is -0.294 e. The van der Waals surface area contributed by atoms with Gasteiger partial charge in [0.25, 0.3) is 10.0 Å². The number of carbonyl (C=O) groups is 1.